The molecule has 2 unspecified atom stereocenters. The van der Waals surface area contributed by atoms with Crippen molar-refractivity contribution in [2.75, 3.05) is 19.8 Å². The van der Waals surface area contributed by atoms with E-state index in [0.29, 0.717) is 6.42 Å². The van der Waals surface area contributed by atoms with Crippen molar-refractivity contribution in [3.8, 4) is 0 Å². The number of esters is 3. The molecule has 0 aliphatic carbocycles. The minimum Gasteiger partial charge on any atom is -0.466 e. The van der Waals surface area contributed by atoms with E-state index in [1.807, 2.05) is 6.92 Å². The Hall–Kier alpha value is -1.96. The average molecular weight is 374 g/mol. The number of Topliss-reactive ketones (excluding diaryl/α,β-unsaturated/α-hetero) is 1. The Morgan fingerprint density at radius 3 is 1.96 bits per heavy atom. The highest BCUT2D eigenvalue weighted by Crippen LogP contribution is 2.28. The molecule has 26 heavy (non-hydrogen) atoms. The van der Waals surface area contributed by atoms with Crippen molar-refractivity contribution in [2.45, 2.75) is 65.4 Å². The van der Waals surface area contributed by atoms with Crippen LogP contribution in [0.1, 0.15) is 59.8 Å². The average Bonchev–Trinajstić information content (AvgIpc) is 2.55. The standard InChI is InChI=1S/C18H30O8/c1-5-9-10-11-13(19)15(16(21)25-7-3)18(23,17(22)26-8-4)12-14(20)24-6-2/h15,23H,5-12H2,1-4H3. The van der Waals surface area contributed by atoms with Crippen molar-refractivity contribution in [2.24, 2.45) is 5.92 Å². The van der Waals surface area contributed by atoms with Gasteiger partial charge >= 0.3 is 17.9 Å². The summed E-state index contributed by atoms with van der Waals surface area (Å²) in [5.41, 5.74) is -2.67. The second kappa shape index (κ2) is 12.4. The highest BCUT2D eigenvalue weighted by atomic mass is 16.6. The molecule has 0 heterocycles. The zero-order valence-corrected chi connectivity index (χ0v) is 16.0. The number of carbonyl (C=O) groups is 4. The molecule has 0 rings (SSSR count). The summed E-state index contributed by atoms with van der Waals surface area (Å²) in [6.45, 7) is 6.42. The third-order valence-electron chi connectivity index (χ3n) is 3.70. The highest BCUT2D eigenvalue weighted by molar-refractivity contribution is 6.06. The molecular weight excluding hydrogens is 344 g/mol. The number of carbonyl (C=O) groups excluding carboxylic acids is 4. The number of ketones is 1. The van der Waals surface area contributed by atoms with Crippen LogP contribution in [0.4, 0.5) is 0 Å². The molecule has 8 nitrogen and oxygen atoms in total. The molecule has 0 spiro atoms. The van der Waals surface area contributed by atoms with E-state index in [4.69, 9.17) is 14.2 Å². The topological polar surface area (TPSA) is 116 Å². The van der Waals surface area contributed by atoms with E-state index in [0.717, 1.165) is 12.8 Å². The Labute approximate surface area is 154 Å². The molecule has 150 valence electrons. The van der Waals surface area contributed by atoms with E-state index < -0.39 is 41.6 Å². The maximum atomic E-state index is 12.6. The fourth-order valence-electron chi connectivity index (χ4n) is 2.49. The lowest BCUT2D eigenvalue weighted by Crippen LogP contribution is -2.55. The van der Waals surface area contributed by atoms with Crippen LogP contribution in [0.2, 0.25) is 0 Å². The van der Waals surface area contributed by atoms with Gasteiger partial charge in [0.15, 0.2) is 17.3 Å². The predicted molar refractivity (Wildman–Crippen MR) is 92.1 cm³/mol. The second-order valence-corrected chi connectivity index (χ2v) is 5.74. The van der Waals surface area contributed by atoms with Gasteiger partial charge in [-0.15, -0.1) is 0 Å². The summed E-state index contributed by atoms with van der Waals surface area (Å²) in [7, 11) is 0. The van der Waals surface area contributed by atoms with Crippen LogP contribution < -0.4 is 0 Å². The first-order valence-electron chi connectivity index (χ1n) is 9.02. The van der Waals surface area contributed by atoms with Gasteiger partial charge in [0.2, 0.25) is 0 Å². The minimum absolute atomic E-state index is 0.0201. The summed E-state index contributed by atoms with van der Waals surface area (Å²) in [4.78, 5) is 49.2. The summed E-state index contributed by atoms with van der Waals surface area (Å²) in [5.74, 6) is -5.72. The molecule has 0 aromatic heterocycles. The van der Waals surface area contributed by atoms with Crippen molar-refractivity contribution in [3.05, 3.63) is 0 Å². The van der Waals surface area contributed by atoms with Crippen LogP contribution in [0.25, 0.3) is 0 Å². The van der Waals surface area contributed by atoms with Crippen molar-refractivity contribution < 1.29 is 38.5 Å². The molecule has 0 amide bonds. The zero-order chi connectivity index (χ0) is 20.2. The normalized spacial score (nSPS) is 14.0. The van der Waals surface area contributed by atoms with Gasteiger partial charge in [0.25, 0.3) is 0 Å². The lowest BCUT2D eigenvalue weighted by Gasteiger charge is -2.30. The monoisotopic (exact) mass is 374 g/mol. The first-order chi connectivity index (χ1) is 12.3. The summed E-state index contributed by atoms with van der Waals surface area (Å²) in [6.07, 6.45) is 1.19. The Morgan fingerprint density at radius 2 is 1.46 bits per heavy atom. The Kier molecular flexibility index (Phi) is 11.5. The van der Waals surface area contributed by atoms with Gasteiger partial charge < -0.3 is 19.3 Å². The van der Waals surface area contributed by atoms with E-state index in [1.54, 1.807) is 6.92 Å². The lowest BCUT2D eigenvalue weighted by molar-refractivity contribution is -0.187. The van der Waals surface area contributed by atoms with Gasteiger partial charge in [0.05, 0.1) is 26.2 Å². The van der Waals surface area contributed by atoms with E-state index in [1.165, 1.54) is 13.8 Å². The molecule has 0 bridgehead atoms. The Balaban J connectivity index is 5.80. The number of unbranched alkanes of at least 4 members (excludes halogenated alkanes) is 2. The molecule has 0 aliphatic heterocycles. The third kappa shape index (κ3) is 7.11. The molecule has 0 aliphatic rings. The molecule has 0 radical (unpaired) electrons. The minimum atomic E-state index is -2.67. The fraction of sp³-hybridized carbons (Fsp3) is 0.778. The Bertz CT molecular complexity index is 488. The molecule has 0 saturated carbocycles. The number of ether oxygens (including phenoxy) is 3. The number of aliphatic hydroxyl groups is 1. The molecule has 1 N–H and O–H groups in total. The van der Waals surface area contributed by atoms with Gasteiger partial charge in [-0.2, -0.15) is 0 Å². The van der Waals surface area contributed by atoms with E-state index in [-0.39, 0.29) is 26.2 Å². The molecule has 0 aromatic rings. The predicted octanol–water partition coefficient (Wildman–Crippen LogP) is 1.56. The molecule has 2 atom stereocenters. The zero-order valence-electron chi connectivity index (χ0n) is 16.0. The molecule has 0 saturated heterocycles. The smallest absolute Gasteiger partial charge is 0.340 e. The fourth-order valence-corrected chi connectivity index (χ4v) is 2.49. The van der Waals surface area contributed by atoms with Crippen LogP contribution >= 0.6 is 0 Å². The van der Waals surface area contributed by atoms with E-state index >= 15 is 0 Å². The van der Waals surface area contributed by atoms with Crippen LogP contribution in [-0.4, -0.2) is 54.2 Å². The van der Waals surface area contributed by atoms with Crippen molar-refractivity contribution in [1.82, 2.24) is 0 Å². The van der Waals surface area contributed by atoms with Gasteiger partial charge in [-0.3, -0.25) is 14.4 Å². The number of rotatable bonds is 13. The van der Waals surface area contributed by atoms with E-state index in [9.17, 15) is 24.3 Å². The largest absolute Gasteiger partial charge is 0.466 e. The van der Waals surface area contributed by atoms with Crippen LogP contribution in [0, 0.1) is 5.92 Å². The molecular formula is C18H30O8. The molecule has 8 heteroatoms. The summed E-state index contributed by atoms with van der Waals surface area (Å²) >= 11 is 0. The summed E-state index contributed by atoms with van der Waals surface area (Å²) < 4.78 is 14.4. The first-order valence-corrected chi connectivity index (χ1v) is 9.02. The van der Waals surface area contributed by atoms with Crippen LogP contribution in [0.3, 0.4) is 0 Å². The SMILES string of the molecule is CCCCCC(=O)C(C(=O)OCC)C(O)(CC(=O)OCC)C(=O)OCC. The second-order valence-electron chi connectivity index (χ2n) is 5.74. The van der Waals surface area contributed by atoms with Gasteiger partial charge in [0, 0.05) is 6.42 Å². The van der Waals surface area contributed by atoms with Crippen LogP contribution in [-0.2, 0) is 33.4 Å². The van der Waals surface area contributed by atoms with Crippen molar-refractivity contribution >= 4 is 23.7 Å². The summed E-state index contributed by atoms with van der Waals surface area (Å²) in [5, 5.41) is 10.9. The summed E-state index contributed by atoms with van der Waals surface area (Å²) in [6, 6.07) is 0. The molecule has 0 aromatic carbocycles. The van der Waals surface area contributed by atoms with Crippen LogP contribution in [0.15, 0.2) is 0 Å². The van der Waals surface area contributed by atoms with Crippen molar-refractivity contribution in [3.63, 3.8) is 0 Å². The van der Waals surface area contributed by atoms with Gasteiger partial charge in [-0.05, 0) is 27.2 Å². The maximum Gasteiger partial charge on any atom is 0.340 e. The van der Waals surface area contributed by atoms with Crippen molar-refractivity contribution in [1.29, 1.82) is 0 Å². The molecule has 0 fully saturated rings. The van der Waals surface area contributed by atoms with Gasteiger partial charge in [-0.1, -0.05) is 19.8 Å². The lowest BCUT2D eigenvalue weighted by atomic mass is 9.80. The third-order valence-corrected chi connectivity index (χ3v) is 3.70. The maximum absolute atomic E-state index is 12.6. The van der Waals surface area contributed by atoms with Gasteiger partial charge in [-0.25, -0.2) is 4.79 Å². The number of hydrogen-bond acceptors (Lipinski definition) is 8. The Morgan fingerprint density at radius 1 is 0.885 bits per heavy atom. The van der Waals surface area contributed by atoms with E-state index in [2.05, 4.69) is 0 Å². The quantitative estimate of drug-likeness (QED) is 0.223. The highest BCUT2D eigenvalue weighted by Gasteiger charge is 2.55. The van der Waals surface area contributed by atoms with Crippen LogP contribution in [0.5, 0.6) is 0 Å². The van der Waals surface area contributed by atoms with Gasteiger partial charge in [0.1, 0.15) is 0 Å². The first kappa shape index (κ1) is 24.0. The number of hydrogen-bond donors (Lipinski definition) is 1.